The summed E-state index contributed by atoms with van der Waals surface area (Å²) in [5, 5.41) is 0. The molecule has 1 aromatic carbocycles. The van der Waals surface area contributed by atoms with Crippen molar-refractivity contribution in [1.29, 1.82) is 0 Å². The fourth-order valence-electron chi connectivity index (χ4n) is 4.26. The van der Waals surface area contributed by atoms with Crippen molar-refractivity contribution in [3.8, 4) is 0 Å². The number of unbranched alkanes of at least 4 members (excludes halogenated alkanes) is 6. The van der Waals surface area contributed by atoms with Crippen molar-refractivity contribution in [3.63, 3.8) is 0 Å². The van der Waals surface area contributed by atoms with Crippen LogP contribution in [0.5, 0.6) is 0 Å². The van der Waals surface area contributed by atoms with Gasteiger partial charge in [-0.15, -0.1) is 0 Å². The molecule has 1 aromatic rings. The molecule has 2 rings (SSSR count). The molecule has 134 valence electrons. The van der Waals surface area contributed by atoms with E-state index >= 15 is 0 Å². The maximum atomic E-state index is 5.15. The molecule has 24 heavy (non-hydrogen) atoms. The van der Waals surface area contributed by atoms with Gasteiger partial charge in [-0.05, 0) is 37.3 Å². The van der Waals surface area contributed by atoms with E-state index in [1.807, 2.05) is 0 Å². The van der Waals surface area contributed by atoms with Gasteiger partial charge in [-0.2, -0.15) is 0 Å². The Hall–Kier alpha value is -1.11. The van der Waals surface area contributed by atoms with Crippen LogP contribution in [0.3, 0.4) is 0 Å². The van der Waals surface area contributed by atoms with Crippen LogP contribution in [0.25, 0.3) is 0 Å². The van der Waals surface area contributed by atoms with Crippen molar-refractivity contribution in [3.05, 3.63) is 29.8 Å². The highest BCUT2D eigenvalue weighted by Gasteiger charge is 2.41. The number of fused-ring (bicyclic) bond motifs is 1. The molecule has 0 spiro atoms. The lowest BCUT2D eigenvalue weighted by molar-refractivity contribution is 0.436. The van der Waals surface area contributed by atoms with E-state index in [9.17, 15) is 0 Å². The third-order valence-electron chi connectivity index (χ3n) is 5.66. The minimum Gasteiger partial charge on any atom is -0.257 e. The highest BCUT2D eigenvalue weighted by atomic mass is 14.8. The first-order valence-electron chi connectivity index (χ1n) is 10.5. The summed E-state index contributed by atoms with van der Waals surface area (Å²) in [7, 11) is 0. The van der Waals surface area contributed by atoms with Crippen molar-refractivity contribution in [2.45, 2.75) is 103 Å². The first kappa shape index (κ1) is 19.2. The fraction of sp³-hybridized carbons (Fsp3) is 0.696. The van der Waals surface area contributed by atoms with Crippen molar-refractivity contribution >= 4 is 11.4 Å². The van der Waals surface area contributed by atoms with Gasteiger partial charge in [0.15, 0.2) is 0 Å². The van der Waals surface area contributed by atoms with E-state index in [1.54, 1.807) is 0 Å². The van der Waals surface area contributed by atoms with Crippen LogP contribution >= 0.6 is 0 Å². The standard InChI is InChI=1S/C23H37N/c1-4-7-10-17-22-23(18-13-8-5-2,19-14-9-6-3)20-15-11-12-16-21(20)24-22/h11-12,15-16H,4-10,13-14,17-19H2,1-3H3. The number of para-hydroxylation sites is 1. The smallest absolute Gasteiger partial charge is 0.0670 e. The van der Waals surface area contributed by atoms with Gasteiger partial charge in [-0.1, -0.05) is 90.3 Å². The first-order valence-corrected chi connectivity index (χ1v) is 10.5. The minimum absolute atomic E-state index is 0.245. The van der Waals surface area contributed by atoms with Crippen LogP contribution in [-0.4, -0.2) is 5.71 Å². The van der Waals surface area contributed by atoms with Crippen molar-refractivity contribution in [1.82, 2.24) is 0 Å². The Morgan fingerprint density at radius 1 is 0.750 bits per heavy atom. The number of aliphatic imine (C=N–C) groups is 1. The van der Waals surface area contributed by atoms with E-state index in [2.05, 4.69) is 45.0 Å². The average Bonchev–Trinajstić information content (AvgIpc) is 2.90. The number of hydrogen-bond donors (Lipinski definition) is 0. The molecule has 0 amide bonds. The zero-order chi connectivity index (χ0) is 17.3. The average molecular weight is 328 g/mol. The third-order valence-corrected chi connectivity index (χ3v) is 5.66. The lowest BCUT2D eigenvalue weighted by Crippen LogP contribution is -2.33. The van der Waals surface area contributed by atoms with E-state index in [-0.39, 0.29) is 5.41 Å². The van der Waals surface area contributed by atoms with Gasteiger partial charge in [0, 0.05) is 11.1 Å². The molecule has 0 fully saturated rings. The lowest BCUT2D eigenvalue weighted by Gasteiger charge is -2.33. The van der Waals surface area contributed by atoms with Crippen molar-refractivity contribution in [2.75, 3.05) is 0 Å². The summed E-state index contributed by atoms with van der Waals surface area (Å²) in [6.07, 6.45) is 15.7. The van der Waals surface area contributed by atoms with Crippen LogP contribution in [0.2, 0.25) is 0 Å². The molecule has 0 saturated heterocycles. The van der Waals surface area contributed by atoms with Crippen molar-refractivity contribution in [2.24, 2.45) is 4.99 Å². The molecule has 0 bridgehead atoms. The second-order valence-corrected chi connectivity index (χ2v) is 7.53. The minimum atomic E-state index is 0.245. The fourth-order valence-corrected chi connectivity index (χ4v) is 4.26. The molecule has 0 aliphatic carbocycles. The van der Waals surface area contributed by atoms with Crippen LogP contribution < -0.4 is 0 Å². The molecule has 1 aliphatic rings. The van der Waals surface area contributed by atoms with Crippen LogP contribution in [0.4, 0.5) is 5.69 Å². The lowest BCUT2D eigenvalue weighted by atomic mass is 9.69. The maximum absolute atomic E-state index is 5.15. The zero-order valence-corrected chi connectivity index (χ0v) is 16.2. The van der Waals surface area contributed by atoms with Crippen molar-refractivity contribution < 1.29 is 0 Å². The summed E-state index contributed by atoms with van der Waals surface area (Å²) in [6.45, 7) is 6.91. The Labute approximate surface area is 150 Å². The monoisotopic (exact) mass is 327 g/mol. The van der Waals surface area contributed by atoms with E-state index in [1.165, 1.54) is 94.0 Å². The van der Waals surface area contributed by atoms with E-state index in [4.69, 9.17) is 4.99 Å². The quantitative estimate of drug-likeness (QED) is 0.348. The second kappa shape index (κ2) is 10.0. The van der Waals surface area contributed by atoms with Gasteiger partial charge in [0.2, 0.25) is 0 Å². The van der Waals surface area contributed by atoms with Crippen LogP contribution in [-0.2, 0) is 5.41 Å². The molecule has 0 atom stereocenters. The molecule has 1 heterocycles. The number of rotatable bonds is 12. The molecule has 0 N–H and O–H groups in total. The zero-order valence-electron chi connectivity index (χ0n) is 16.2. The Morgan fingerprint density at radius 2 is 1.33 bits per heavy atom. The van der Waals surface area contributed by atoms with Gasteiger partial charge in [0.05, 0.1) is 5.69 Å². The largest absolute Gasteiger partial charge is 0.257 e. The third kappa shape index (κ3) is 4.49. The predicted octanol–water partition coefficient (Wildman–Crippen LogP) is 7.75. The number of benzene rings is 1. The molecule has 1 heteroatoms. The summed E-state index contributed by atoms with van der Waals surface area (Å²) >= 11 is 0. The highest BCUT2D eigenvalue weighted by molar-refractivity contribution is 6.01. The second-order valence-electron chi connectivity index (χ2n) is 7.53. The van der Waals surface area contributed by atoms with Gasteiger partial charge < -0.3 is 0 Å². The Balaban J connectivity index is 2.26. The SMILES string of the molecule is CCCCCC1=Nc2ccccc2C1(CCCCC)CCCCC. The number of nitrogens with zero attached hydrogens (tertiary/aromatic N) is 1. The molecule has 0 aromatic heterocycles. The van der Waals surface area contributed by atoms with Crippen LogP contribution in [0.15, 0.2) is 29.3 Å². The molecular weight excluding hydrogens is 290 g/mol. The van der Waals surface area contributed by atoms with E-state index in [0.29, 0.717) is 0 Å². The Morgan fingerprint density at radius 3 is 1.96 bits per heavy atom. The summed E-state index contributed by atoms with van der Waals surface area (Å²) in [4.78, 5) is 5.15. The number of hydrogen-bond acceptors (Lipinski definition) is 1. The molecule has 1 aliphatic heterocycles. The first-order chi connectivity index (χ1) is 11.8. The van der Waals surface area contributed by atoms with Gasteiger partial charge in [0.25, 0.3) is 0 Å². The Bertz CT molecular complexity index is 505. The van der Waals surface area contributed by atoms with E-state index in [0.717, 1.165) is 0 Å². The van der Waals surface area contributed by atoms with Gasteiger partial charge in [-0.25, -0.2) is 0 Å². The summed E-state index contributed by atoms with van der Waals surface area (Å²) in [5.74, 6) is 0. The van der Waals surface area contributed by atoms with Gasteiger partial charge >= 0.3 is 0 Å². The highest BCUT2D eigenvalue weighted by Crippen LogP contribution is 2.48. The topological polar surface area (TPSA) is 12.4 Å². The normalized spacial score (nSPS) is 15.4. The summed E-state index contributed by atoms with van der Waals surface area (Å²) in [6, 6.07) is 8.97. The molecule has 0 saturated carbocycles. The van der Waals surface area contributed by atoms with Gasteiger partial charge in [0.1, 0.15) is 0 Å². The van der Waals surface area contributed by atoms with Crippen LogP contribution in [0, 0.1) is 0 Å². The maximum Gasteiger partial charge on any atom is 0.0670 e. The van der Waals surface area contributed by atoms with E-state index < -0.39 is 0 Å². The molecule has 0 unspecified atom stereocenters. The predicted molar refractivity (Wildman–Crippen MR) is 108 cm³/mol. The summed E-state index contributed by atoms with van der Waals surface area (Å²) < 4.78 is 0. The molecular formula is C23H37N. The molecule has 0 radical (unpaired) electrons. The Kier molecular flexibility index (Phi) is 8.02. The summed E-state index contributed by atoms with van der Waals surface area (Å²) in [5.41, 5.74) is 4.54. The molecule has 1 nitrogen and oxygen atoms in total. The van der Waals surface area contributed by atoms with Crippen LogP contribution in [0.1, 0.15) is 103 Å². The van der Waals surface area contributed by atoms with Gasteiger partial charge in [-0.3, -0.25) is 4.99 Å².